The van der Waals surface area contributed by atoms with Crippen molar-refractivity contribution in [3.63, 3.8) is 0 Å². The normalized spacial score (nSPS) is 29.6. The number of aryl methyl sites for hydroxylation is 1. The summed E-state index contributed by atoms with van der Waals surface area (Å²) in [5.74, 6) is 1.75. The molecule has 1 aliphatic rings. The van der Waals surface area contributed by atoms with E-state index in [1.54, 1.807) is 6.33 Å². The van der Waals surface area contributed by atoms with Gasteiger partial charge in [-0.25, -0.2) is 4.98 Å². The Morgan fingerprint density at radius 3 is 2.80 bits per heavy atom. The van der Waals surface area contributed by atoms with Gasteiger partial charge in [-0.15, -0.1) is 0 Å². The molecule has 1 aromatic heterocycles. The van der Waals surface area contributed by atoms with Gasteiger partial charge in [-0.3, -0.25) is 9.58 Å². The zero-order valence-corrected chi connectivity index (χ0v) is 13.6. The fraction of sp³-hybridized carbons (Fsp3) is 0.867. The van der Waals surface area contributed by atoms with E-state index in [9.17, 15) is 0 Å². The first-order chi connectivity index (χ1) is 9.49. The molecule has 1 fully saturated rings. The summed E-state index contributed by atoms with van der Waals surface area (Å²) >= 11 is 0. The van der Waals surface area contributed by atoms with Crippen LogP contribution in [0.1, 0.15) is 46.4 Å². The maximum absolute atomic E-state index is 4.39. The van der Waals surface area contributed by atoms with Gasteiger partial charge in [0.25, 0.3) is 0 Å². The number of hydrogen-bond acceptors (Lipinski definition) is 4. The number of piperazine rings is 1. The van der Waals surface area contributed by atoms with Crippen molar-refractivity contribution >= 4 is 0 Å². The molecule has 0 spiro atoms. The number of nitrogens with one attached hydrogen (secondary N) is 1. The van der Waals surface area contributed by atoms with E-state index in [1.807, 2.05) is 11.7 Å². The quantitative estimate of drug-likeness (QED) is 0.893. The minimum atomic E-state index is 0.211. The zero-order chi connectivity index (χ0) is 14.8. The fourth-order valence-corrected chi connectivity index (χ4v) is 2.99. The van der Waals surface area contributed by atoms with Crippen LogP contribution >= 0.6 is 0 Å². The van der Waals surface area contributed by atoms with Crippen LogP contribution in [0.2, 0.25) is 0 Å². The molecule has 0 amide bonds. The average Bonchev–Trinajstić information content (AvgIpc) is 2.84. The van der Waals surface area contributed by atoms with E-state index in [2.05, 4.69) is 48.0 Å². The minimum absolute atomic E-state index is 0.211. The number of nitrogens with zero attached hydrogens (tertiary/aromatic N) is 4. The SMILES string of the molecule is CCC(C)C1CNC(C)(CC)CN1Cc1ncnn1C. The molecular weight excluding hydrogens is 250 g/mol. The van der Waals surface area contributed by atoms with Crippen LogP contribution < -0.4 is 5.32 Å². The highest BCUT2D eigenvalue weighted by Crippen LogP contribution is 2.25. The topological polar surface area (TPSA) is 46.0 Å². The summed E-state index contributed by atoms with van der Waals surface area (Å²) in [4.78, 5) is 6.99. The molecule has 2 heterocycles. The van der Waals surface area contributed by atoms with E-state index in [0.29, 0.717) is 12.0 Å². The molecule has 0 saturated carbocycles. The van der Waals surface area contributed by atoms with Gasteiger partial charge in [-0.2, -0.15) is 5.10 Å². The second kappa shape index (κ2) is 6.22. The Balaban J connectivity index is 2.15. The summed E-state index contributed by atoms with van der Waals surface area (Å²) in [6.45, 7) is 12.2. The molecule has 0 aliphatic carbocycles. The summed E-state index contributed by atoms with van der Waals surface area (Å²) in [7, 11) is 1.97. The Kier molecular flexibility index (Phi) is 4.81. The van der Waals surface area contributed by atoms with E-state index in [0.717, 1.165) is 31.9 Å². The molecule has 1 saturated heterocycles. The maximum Gasteiger partial charge on any atom is 0.140 e. The van der Waals surface area contributed by atoms with Crippen molar-refractivity contribution in [2.75, 3.05) is 13.1 Å². The van der Waals surface area contributed by atoms with Crippen molar-refractivity contribution < 1.29 is 0 Å². The van der Waals surface area contributed by atoms with Gasteiger partial charge in [0.2, 0.25) is 0 Å². The number of hydrogen-bond donors (Lipinski definition) is 1. The molecule has 1 aromatic rings. The highest BCUT2D eigenvalue weighted by Gasteiger charge is 2.36. The van der Waals surface area contributed by atoms with E-state index in [-0.39, 0.29) is 5.54 Å². The van der Waals surface area contributed by atoms with E-state index in [4.69, 9.17) is 0 Å². The maximum atomic E-state index is 4.39. The predicted molar refractivity (Wildman–Crippen MR) is 81.4 cm³/mol. The lowest BCUT2D eigenvalue weighted by Crippen LogP contribution is -2.63. The van der Waals surface area contributed by atoms with Crippen LogP contribution in [-0.2, 0) is 13.6 Å². The molecule has 0 aromatic carbocycles. The van der Waals surface area contributed by atoms with Gasteiger partial charge >= 0.3 is 0 Å². The van der Waals surface area contributed by atoms with Crippen LogP contribution in [0.25, 0.3) is 0 Å². The highest BCUT2D eigenvalue weighted by atomic mass is 15.3. The van der Waals surface area contributed by atoms with Gasteiger partial charge in [-0.1, -0.05) is 27.2 Å². The standard InChI is InChI=1S/C15H29N5/c1-6-12(3)13-8-17-15(4,7-2)10-20(13)9-14-16-11-18-19(14)5/h11-13,17H,6-10H2,1-5H3. The Hall–Kier alpha value is -0.940. The first kappa shape index (κ1) is 15.4. The molecule has 5 heteroatoms. The zero-order valence-electron chi connectivity index (χ0n) is 13.6. The van der Waals surface area contributed by atoms with E-state index >= 15 is 0 Å². The molecule has 114 valence electrons. The molecule has 3 unspecified atom stereocenters. The molecule has 1 aliphatic heterocycles. The second-order valence-electron chi connectivity index (χ2n) is 6.45. The van der Waals surface area contributed by atoms with Crippen LogP contribution in [0, 0.1) is 5.92 Å². The summed E-state index contributed by atoms with van der Waals surface area (Å²) in [6, 6.07) is 0.580. The van der Waals surface area contributed by atoms with Crippen molar-refractivity contribution in [2.45, 2.75) is 58.7 Å². The van der Waals surface area contributed by atoms with Crippen LogP contribution in [-0.4, -0.2) is 44.3 Å². The van der Waals surface area contributed by atoms with Crippen molar-refractivity contribution in [3.8, 4) is 0 Å². The smallest absolute Gasteiger partial charge is 0.140 e. The lowest BCUT2D eigenvalue weighted by molar-refractivity contribution is 0.0458. The lowest BCUT2D eigenvalue weighted by Gasteiger charge is -2.47. The van der Waals surface area contributed by atoms with Gasteiger partial charge in [0.15, 0.2) is 0 Å². The molecule has 2 rings (SSSR count). The average molecular weight is 279 g/mol. The molecule has 0 bridgehead atoms. The Morgan fingerprint density at radius 2 is 2.25 bits per heavy atom. The van der Waals surface area contributed by atoms with Crippen LogP contribution in [0.15, 0.2) is 6.33 Å². The van der Waals surface area contributed by atoms with Crippen molar-refractivity contribution in [1.29, 1.82) is 0 Å². The third kappa shape index (κ3) is 3.20. The first-order valence-corrected chi connectivity index (χ1v) is 7.81. The molecular formula is C15H29N5. The summed E-state index contributed by atoms with van der Waals surface area (Å²) in [5.41, 5.74) is 0.211. The van der Waals surface area contributed by atoms with Gasteiger partial charge in [0.05, 0.1) is 6.54 Å². The van der Waals surface area contributed by atoms with Gasteiger partial charge in [0, 0.05) is 31.7 Å². The van der Waals surface area contributed by atoms with E-state index < -0.39 is 0 Å². The van der Waals surface area contributed by atoms with Crippen molar-refractivity contribution in [1.82, 2.24) is 25.0 Å². The van der Waals surface area contributed by atoms with E-state index in [1.165, 1.54) is 6.42 Å². The monoisotopic (exact) mass is 279 g/mol. The third-order valence-electron chi connectivity index (χ3n) is 4.99. The second-order valence-corrected chi connectivity index (χ2v) is 6.45. The Labute approximate surface area is 122 Å². The van der Waals surface area contributed by atoms with Gasteiger partial charge in [0.1, 0.15) is 12.2 Å². The molecule has 3 atom stereocenters. The Morgan fingerprint density at radius 1 is 1.50 bits per heavy atom. The lowest BCUT2D eigenvalue weighted by atomic mass is 9.88. The van der Waals surface area contributed by atoms with Crippen LogP contribution in [0.4, 0.5) is 0 Å². The van der Waals surface area contributed by atoms with Gasteiger partial charge in [-0.05, 0) is 19.3 Å². The molecule has 1 N–H and O–H groups in total. The largest absolute Gasteiger partial charge is 0.309 e. The summed E-state index contributed by atoms with van der Waals surface area (Å²) in [5, 5.41) is 7.94. The summed E-state index contributed by atoms with van der Waals surface area (Å²) in [6.07, 6.45) is 4.01. The molecule has 20 heavy (non-hydrogen) atoms. The van der Waals surface area contributed by atoms with Crippen molar-refractivity contribution in [3.05, 3.63) is 12.2 Å². The van der Waals surface area contributed by atoms with Crippen LogP contribution in [0.5, 0.6) is 0 Å². The van der Waals surface area contributed by atoms with Gasteiger partial charge < -0.3 is 5.32 Å². The van der Waals surface area contributed by atoms with Crippen molar-refractivity contribution in [2.24, 2.45) is 13.0 Å². The first-order valence-electron chi connectivity index (χ1n) is 7.81. The van der Waals surface area contributed by atoms with Crippen LogP contribution in [0.3, 0.4) is 0 Å². The predicted octanol–water partition coefficient (Wildman–Crippen LogP) is 1.80. The Bertz CT molecular complexity index is 430. The number of aromatic nitrogens is 3. The third-order valence-corrected chi connectivity index (χ3v) is 4.99. The molecule has 0 radical (unpaired) electrons. The highest BCUT2D eigenvalue weighted by molar-refractivity contribution is 4.98. The number of rotatable bonds is 5. The fourth-order valence-electron chi connectivity index (χ4n) is 2.99. The molecule has 5 nitrogen and oxygen atoms in total. The minimum Gasteiger partial charge on any atom is -0.309 e. The summed E-state index contributed by atoms with van der Waals surface area (Å²) < 4.78 is 1.89.